The van der Waals surface area contributed by atoms with Gasteiger partial charge in [-0.1, -0.05) is 0 Å². The Morgan fingerprint density at radius 2 is 1.91 bits per heavy atom. The van der Waals surface area contributed by atoms with Gasteiger partial charge >= 0.3 is 5.97 Å². The Morgan fingerprint density at radius 1 is 1.26 bits per heavy atom. The topological polar surface area (TPSA) is 116 Å². The minimum Gasteiger partial charge on any atom is -0.481 e. The maximum Gasteiger partial charge on any atom is 0.343 e. The van der Waals surface area contributed by atoms with Gasteiger partial charge in [0.1, 0.15) is 5.75 Å². The van der Waals surface area contributed by atoms with Crippen molar-refractivity contribution in [3.8, 4) is 5.75 Å². The summed E-state index contributed by atoms with van der Waals surface area (Å²) in [4.78, 5) is 22.6. The molecule has 2 rings (SSSR count). The van der Waals surface area contributed by atoms with Crippen molar-refractivity contribution >= 4 is 21.9 Å². The maximum absolute atomic E-state index is 12.5. The molecule has 0 atom stereocenters. The van der Waals surface area contributed by atoms with Crippen LogP contribution in [0.1, 0.15) is 23.2 Å². The van der Waals surface area contributed by atoms with Gasteiger partial charge < -0.3 is 15.2 Å². The number of amides is 1. The predicted molar refractivity (Wildman–Crippen MR) is 80.5 cm³/mol. The number of carbonyl (C=O) groups excluding carboxylic acids is 2. The number of hydrogen-bond acceptors (Lipinski definition) is 6. The van der Waals surface area contributed by atoms with E-state index in [-0.39, 0.29) is 16.2 Å². The van der Waals surface area contributed by atoms with Crippen LogP contribution < -0.4 is 10.5 Å². The second-order valence-corrected chi connectivity index (χ2v) is 6.94. The first-order valence-electron chi connectivity index (χ1n) is 7.00. The van der Waals surface area contributed by atoms with Crippen LogP contribution >= 0.6 is 0 Å². The fourth-order valence-corrected chi connectivity index (χ4v) is 3.80. The Hall–Kier alpha value is -2.13. The summed E-state index contributed by atoms with van der Waals surface area (Å²) in [5, 5.41) is 0. The van der Waals surface area contributed by atoms with E-state index < -0.39 is 28.5 Å². The fourth-order valence-electron chi connectivity index (χ4n) is 2.26. The summed E-state index contributed by atoms with van der Waals surface area (Å²) >= 11 is 0. The Morgan fingerprint density at radius 3 is 2.48 bits per heavy atom. The monoisotopic (exact) mass is 342 g/mol. The van der Waals surface area contributed by atoms with Crippen LogP contribution in [0.2, 0.25) is 0 Å². The van der Waals surface area contributed by atoms with Crippen LogP contribution in [0.3, 0.4) is 0 Å². The highest BCUT2D eigenvalue weighted by atomic mass is 32.2. The first kappa shape index (κ1) is 17.2. The molecule has 0 aromatic heterocycles. The molecule has 1 heterocycles. The first-order chi connectivity index (χ1) is 10.9. The van der Waals surface area contributed by atoms with Crippen molar-refractivity contribution in [2.24, 2.45) is 5.73 Å². The number of carbonyl (C=O) groups is 2. The highest BCUT2D eigenvalue weighted by Gasteiger charge is 2.28. The molecule has 1 aliphatic rings. The van der Waals surface area contributed by atoms with Crippen LogP contribution in [0.4, 0.5) is 0 Å². The molecule has 1 amide bonds. The third kappa shape index (κ3) is 3.80. The normalized spacial score (nSPS) is 15.3. The lowest BCUT2D eigenvalue weighted by atomic mass is 10.2. The summed E-state index contributed by atoms with van der Waals surface area (Å²) in [5.41, 5.74) is 5.17. The number of ether oxygens (including phenoxy) is 2. The van der Waals surface area contributed by atoms with Gasteiger partial charge in [0.05, 0.1) is 17.6 Å². The molecule has 23 heavy (non-hydrogen) atoms. The standard InChI is InChI=1S/C14H18N2O6S/c1-21-13(17)9-22-12-5-4-10(8-11(12)14(15)18)23(19,20)16-6-2-3-7-16/h4-5,8H,2-3,6-7,9H2,1H3,(H2,15,18). The summed E-state index contributed by atoms with van der Waals surface area (Å²) in [6.07, 6.45) is 1.62. The molecule has 1 aliphatic heterocycles. The number of benzene rings is 1. The van der Waals surface area contributed by atoms with E-state index in [2.05, 4.69) is 4.74 Å². The molecule has 9 heteroatoms. The number of esters is 1. The van der Waals surface area contributed by atoms with Gasteiger partial charge in [0.25, 0.3) is 5.91 Å². The van der Waals surface area contributed by atoms with Gasteiger partial charge in [-0.25, -0.2) is 13.2 Å². The van der Waals surface area contributed by atoms with E-state index in [1.165, 1.54) is 29.6 Å². The Kier molecular flexibility index (Phi) is 5.22. The van der Waals surface area contributed by atoms with Crippen molar-refractivity contribution in [3.63, 3.8) is 0 Å². The van der Waals surface area contributed by atoms with E-state index in [9.17, 15) is 18.0 Å². The van der Waals surface area contributed by atoms with Gasteiger partial charge in [-0.05, 0) is 31.0 Å². The third-order valence-electron chi connectivity index (χ3n) is 3.49. The molecular weight excluding hydrogens is 324 g/mol. The second kappa shape index (κ2) is 6.97. The fraction of sp³-hybridized carbons (Fsp3) is 0.429. The highest BCUT2D eigenvalue weighted by molar-refractivity contribution is 7.89. The molecule has 0 bridgehead atoms. The van der Waals surface area contributed by atoms with E-state index in [0.29, 0.717) is 13.1 Å². The molecule has 2 N–H and O–H groups in total. The van der Waals surface area contributed by atoms with Crippen LogP contribution in [0, 0.1) is 0 Å². The van der Waals surface area contributed by atoms with Gasteiger partial charge in [0.15, 0.2) is 6.61 Å². The average molecular weight is 342 g/mol. The third-order valence-corrected chi connectivity index (χ3v) is 5.39. The van der Waals surface area contributed by atoms with Crippen LogP contribution in [-0.2, 0) is 19.6 Å². The van der Waals surface area contributed by atoms with Crippen molar-refractivity contribution in [1.29, 1.82) is 0 Å². The molecule has 0 aliphatic carbocycles. The zero-order valence-corrected chi connectivity index (χ0v) is 13.5. The van der Waals surface area contributed by atoms with Gasteiger partial charge in [-0.2, -0.15) is 4.31 Å². The van der Waals surface area contributed by atoms with Gasteiger partial charge in [-0.15, -0.1) is 0 Å². The molecule has 0 saturated carbocycles. The number of rotatable bonds is 6. The van der Waals surface area contributed by atoms with Crippen LogP contribution in [-0.4, -0.2) is 51.4 Å². The van der Waals surface area contributed by atoms with E-state index in [1.54, 1.807) is 0 Å². The summed E-state index contributed by atoms with van der Waals surface area (Å²) in [6.45, 7) is 0.499. The summed E-state index contributed by atoms with van der Waals surface area (Å²) in [6, 6.07) is 3.81. The molecule has 126 valence electrons. The quantitative estimate of drug-likeness (QED) is 0.734. The van der Waals surface area contributed by atoms with E-state index in [4.69, 9.17) is 10.5 Å². The summed E-state index contributed by atoms with van der Waals surface area (Å²) in [7, 11) is -2.47. The number of methoxy groups -OCH3 is 1. The zero-order valence-electron chi connectivity index (χ0n) is 12.6. The highest BCUT2D eigenvalue weighted by Crippen LogP contribution is 2.26. The first-order valence-corrected chi connectivity index (χ1v) is 8.44. The van der Waals surface area contributed by atoms with Gasteiger partial charge in [0, 0.05) is 13.1 Å². The van der Waals surface area contributed by atoms with Crippen molar-refractivity contribution < 1.29 is 27.5 Å². The lowest BCUT2D eigenvalue weighted by Gasteiger charge is -2.17. The molecule has 8 nitrogen and oxygen atoms in total. The zero-order chi connectivity index (χ0) is 17.0. The molecule has 0 radical (unpaired) electrons. The molecular formula is C14H18N2O6S. The number of hydrogen-bond donors (Lipinski definition) is 1. The van der Waals surface area contributed by atoms with Crippen LogP contribution in [0.5, 0.6) is 5.75 Å². The van der Waals surface area contributed by atoms with Crippen LogP contribution in [0.15, 0.2) is 23.1 Å². The Balaban J connectivity index is 2.32. The van der Waals surface area contributed by atoms with Crippen LogP contribution in [0.25, 0.3) is 0 Å². The molecule has 1 saturated heterocycles. The number of nitrogens with zero attached hydrogens (tertiary/aromatic N) is 1. The minimum atomic E-state index is -3.67. The van der Waals surface area contributed by atoms with Crippen molar-refractivity contribution in [1.82, 2.24) is 4.31 Å². The number of nitrogens with two attached hydrogens (primary N) is 1. The van der Waals surface area contributed by atoms with Gasteiger partial charge in [-0.3, -0.25) is 4.79 Å². The molecule has 1 fully saturated rings. The largest absolute Gasteiger partial charge is 0.481 e. The maximum atomic E-state index is 12.5. The molecule has 0 spiro atoms. The average Bonchev–Trinajstić information content (AvgIpc) is 3.07. The van der Waals surface area contributed by atoms with E-state index in [1.807, 2.05) is 0 Å². The lowest BCUT2D eigenvalue weighted by Crippen LogP contribution is -2.28. The Labute approximate surface area is 134 Å². The SMILES string of the molecule is COC(=O)COc1ccc(S(=O)(=O)N2CCCC2)cc1C(N)=O. The number of sulfonamides is 1. The van der Waals surface area contributed by atoms with Crippen molar-refractivity contribution in [2.75, 3.05) is 26.8 Å². The summed E-state index contributed by atoms with van der Waals surface area (Å²) < 4.78 is 35.9. The van der Waals surface area contributed by atoms with E-state index in [0.717, 1.165) is 12.8 Å². The van der Waals surface area contributed by atoms with Crippen molar-refractivity contribution in [3.05, 3.63) is 23.8 Å². The smallest absolute Gasteiger partial charge is 0.343 e. The molecule has 1 aromatic rings. The second-order valence-electron chi connectivity index (χ2n) is 5.00. The lowest BCUT2D eigenvalue weighted by molar-refractivity contribution is -0.142. The molecule has 0 unspecified atom stereocenters. The summed E-state index contributed by atoms with van der Waals surface area (Å²) in [5.74, 6) is -1.44. The Bertz CT molecular complexity index is 710. The molecule has 1 aromatic carbocycles. The van der Waals surface area contributed by atoms with Crippen molar-refractivity contribution in [2.45, 2.75) is 17.7 Å². The van der Waals surface area contributed by atoms with Gasteiger partial charge in [0.2, 0.25) is 10.0 Å². The van der Waals surface area contributed by atoms with E-state index >= 15 is 0 Å². The number of primary amides is 1. The minimum absolute atomic E-state index is 0.0291. The predicted octanol–water partition coefficient (Wildman–Crippen LogP) is 0.122.